The van der Waals surface area contributed by atoms with Crippen LogP contribution in [0.4, 0.5) is 11.8 Å². The molecule has 5 heteroatoms. The third-order valence-electron chi connectivity index (χ3n) is 4.49. The molecule has 4 rings (SSSR count). The number of nitrogen functional groups attached to an aromatic ring is 2. The summed E-state index contributed by atoms with van der Waals surface area (Å²) < 4.78 is 0. The second kappa shape index (κ2) is 5.94. The van der Waals surface area contributed by atoms with E-state index in [0.29, 0.717) is 5.82 Å². The van der Waals surface area contributed by atoms with E-state index < -0.39 is 0 Å². The van der Waals surface area contributed by atoms with Gasteiger partial charge in [-0.25, -0.2) is 4.98 Å². The first kappa shape index (κ1) is 14.7. The molecule has 1 aromatic heterocycles. The van der Waals surface area contributed by atoms with Crippen molar-refractivity contribution in [3.63, 3.8) is 0 Å². The van der Waals surface area contributed by atoms with Gasteiger partial charge in [-0.15, -0.1) is 0 Å². The third kappa shape index (κ3) is 2.49. The molecule has 0 spiro atoms. The average molecular weight is 317 g/mol. The summed E-state index contributed by atoms with van der Waals surface area (Å²) in [5, 5.41) is 3.64. The first-order valence-electron chi connectivity index (χ1n) is 8.02. The number of hydrogen-bond acceptors (Lipinski definition) is 5. The summed E-state index contributed by atoms with van der Waals surface area (Å²) in [7, 11) is 0. The number of nitrogens with one attached hydrogen (secondary N) is 1. The van der Waals surface area contributed by atoms with Crippen LogP contribution in [-0.2, 0) is 6.42 Å². The van der Waals surface area contributed by atoms with Crippen molar-refractivity contribution in [3.8, 4) is 11.1 Å². The molecule has 0 amide bonds. The minimum atomic E-state index is 0.202. The van der Waals surface area contributed by atoms with Gasteiger partial charge in [0.25, 0.3) is 0 Å². The van der Waals surface area contributed by atoms with Gasteiger partial charge in [-0.1, -0.05) is 48.5 Å². The van der Waals surface area contributed by atoms with Crippen molar-refractivity contribution in [2.45, 2.75) is 12.5 Å². The fraction of sp³-hybridized carbons (Fsp3) is 0.158. The maximum atomic E-state index is 5.91. The van der Waals surface area contributed by atoms with E-state index in [4.69, 9.17) is 11.5 Å². The highest BCUT2D eigenvalue weighted by molar-refractivity contribution is 5.78. The van der Waals surface area contributed by atoms with Gasteiger partial charge in [-0.2, -0.15) is 4.98 Å². The van der Waals surface area contributed by atoms with Gasteiger partial charge < -0.3 is 16.8 Å². The summed E-state index contributed by atoms with van der Waals surface area (Å²) in [6.45, 7) is 0.783. The van der Waals surface area contributed by atoms with E-state index in [-0.39, 0.29) is 12.0 Å². The fourth-order valence-electron chi connectivity index (χ4n) is 3.35. The normalized spacial score (nSPS) is 12.8. The molecule has 0 bridgehead atoms. The summed E-state index contributed by atoms with van der Waals surface area (Å²) in [6.07, 6.45) is 2.46. The first-order chi connectivity index (χ1) is 11.7. The molecule has 2 aromatic carbocycles. The lowest BCUT2D eigenvalue weighted by atomic mass is 10.1. The summed E-state index contributed by atoms with van der Waals surface area (Å²) in [4.78, 5) is 8.03. The van der Waals surface area contributed by atoms with Crippen LogP contribution in [0.5, 0.6) is 0 Å². The van der Waals surface area contributed by atoms with Gasteiger partial charge in [0.2, 0.25) is 5.95 Å². The quantitative estimate of drug-likeness (QED) is 0.688. The van der Waals surface area contributed by atoms with E-state index in [1.165, 1.54) is 22.3 Å². The van der Waals surface area contributed by atoms with Crippen molar-refractivity contribution in [3.05, 3.63) is 71.4 Å². The zero-order valence-electron chi connectivity index (χ0n) is 13.2. The Morgan fingerprint density at radius 2 is 1.54 bits per heavy atom. The molecule has 0 fully saturated rings. The Kier molecular flexibility index (Phi) is 3.63. The molecule has 120 valence electrons. The van der Waals surface area contributed by atoms with Crippen LogP contribution in [0.3, 0.4) is 0 Å². The van der Waals surface area contributed by atoms with Crippen molar-refractivity contribution in [2.24, 2.45) is 0 Å². The van der Waals surface area contributed by atoms with Gasteiger partial charge in [0.05, 0.1) is 6.04 Å². The molecule has 0 aliphatic heterocycles. The Labute approximate surface area is 140 Å². The molecule has 0 saturated carbocycles. The van der Waals surface area contributed by atoms with Crippen LogP contribution in [0.25, 0.3) is 11.1 Å². The van der Waals surface area contributed by atoms with Crippen LogP contribution >= 0.6 is 0 Å². The van der Waals surface area contributed by atoms with Crippen LogP contribution < -0.4 is 16.8 Å². The number of aromatic nitrogens is 2. The third-order valence-corrected chi connectivity index (χ3v) is 4.49. The van der Waals surface area contributed by atoms with Crippen LogP contribution in [0.1, 0.15) is 22.7 Å². The number of nitrogens with two attached hydrogens (primary N) is 2. The molecule has 1 aliphatic carbocycles. The molecule has 5 N–H and O–H groups in total. The van der Waals surface area contributed by atoms with E-state index in [9.17, 15) is 0 Å². The predicted octanol–water partition coefficient (Wildman–Crippen LogP) is 2.54. The lowest BCUT2D eigenvalue weighted by molar-refractivity contribution is 0.615. The Bertz CT molecular complexity index is 845. The minimum Gasteiger partial charge on any atom is -0.383 e. The maximum absolute atomic E-state index is 5.91. The van der Waals surface area contributed by atoms with Gasteiger partial charge in [-0.05, 0) is 28.7 Å². The SMILES string of the molecule is Nc1ncc(CCNC2c3ccccc3-c3ccccc32)c(N)n1. The lowest BCUT2D eigenvalue weighted by Crippen LogP contribution is -2.23. The molecule has 1 heterocycles. The molecule has 5 nitrogen and oxygen atoms in total. The van der Waals surface area contributed by atoms with Crippen molar-refractivity contribution in [2.75, 3.05) is 18.0 Å². The van der Waals surface area contributed by atoms with Gasteiger partial charge in [0.1, 0.15) is 5.82 Å². The van der Waals surface area contributed by atoms with Crippen LogP contribution in [0, 0.1) is 0 Å². The molecule has 3 aromatic rings. The summed E-state index contributed by atoms with van der Waals surface area (Å²) in [5.41, 5.74) is 17.6. The van der Waals surface area contributed by atoms with Gasteiger partial charge in [0, 0.05) is 18.3 Å². The number of benzene rings is 2. The standard InChI is InChI=1S/C19H19N5/c20-18-12(11-23-19(21)24-18)9-10-22-17-15-7-3-1-5-13(15)14-6-2-4-8-16(14)17/h1-8,11,17,22H,9-10H2,(H4,20,21,23,24). The predicted molar refractivity (Wildman–Crippen MR) is 96.3 cm³/mol. The van der Waals surface area contributed by atoms with E-state index in [1.54, 1.807) is 6.20 Å². The Hall–Kier alpha value is -2.92. The first-order valence-corrected chi connectivity index (χ1v) is 8.02. The van der Waals surface area contributed by atoms with E-state index in [0.717, 1.165) is 18.5 Å². The van der Waals surface area contributed by atoms with Crippen LogP contribution in [0.15, 0.2) is 54.7 Å². The van der Waals surface area contributed by atoms with Crippen LogP contribution in [0.2, 0.25) is 0 Å². The smallest absolute Gasteiger partial charge is 0.221 e. The zero-order chi connectivity index (χ0) is 16.5. The molecule has 24 heavy (non-hydrogen) atoms. The van der Waals surface area contributed by atoms with Crippen molar-refractivity contribution in [1.82, 2.24) is 15.3 Å². The monoisotopic (exact) mass is 317 g/mol. The van der Waals surface area contributed by atoms with Gasteiger partial charge >= 0.3 is 0 Å². The highest BCUT2D eigenvalue weighted by Crippen LogP contribution is 2.42. The van der Waals surface area contributed by atoms with E-state index in [2.05, 4.69) is 63.8 Å². The highest BCUT2D eigenvalue weighted by atomic mass is 15.0. The second-order valence-electron chi connectivity index (χ2n) is 5.95. The van der Waals surface area contributed by atoms with Crippen molar-refractivity contribution >= 4 is 11.8 Å². The molecule has 1 aliphatic rings. The van der Waals surface area contributed by atoms with Gasteiger partial charge in [-0.3, -0.25) is 0 Å². The lowest BCUT2D eigenvalue weighted by Gasteiger charge is -2.16. The number of nitrogens with zero attached hydrogens (tertiary/aromatic N) is 2. The van der Waals surface area contributed by atoms with Crippen LogP contribution in [-0.4, -0.2) is 16.5 Å². The Morgan fingerprint density at radius 3 is 2.17 bits per heavy atom. The topological polar surface area (TPSA) is 89.8 Å². The van der Waals surface area contributed by atoms with Crippen molar-refractivity contribution < 1.29 is 0 Å². The molecule has 0 radical (unpaired) electrons. The average Bonchev–Trinajstić information content (AvgIpc) is 2.91. The molecule has 0 atom stereocenters. The molecular formula is C19H19N5. The van der Waals surface area contributed by atoms with Crippen molar-refractivity contribution in [1.29, 1.82) is 0 Å². The fourth-order valence-corrected chi connectivity index (χ4v) is 3.35. The highest BCUT2D eigenvalue weighted by Gasteiger charge is 2.27. The number of rotatable bonds is 4. The molecule has 0 unspecified atom stereocenters. The summed E-state index contributed by atoms with van der Waals surface area (Å²) in [5.74, 6) is 0.666. The second-order valence-corrected chi connectivity index (χ2v) is 5.95. The minimum absolute atomic E-state index is 0.202. The molecular weight excluding hydrogens is 298 g/mol. The van der Waals surface area contributed by atoms with E-state index in [1.807, 2.05) is 0 Å². The summed E-state index contributed by atoms with van der Waals surface area (Å²) in [6, 6.07) is 17.3. The summed E-state index contributed by atoms with van der Waals surface area (Å²) >= 11 is 0. The largest absolute Gasteiger partial charge is 0.383 e. The maximum Gasteiger partial charge on any atom is 0.221 e. The number of anilines is 2. The molecule has 0 saturated heterocycles. The number of hydrogen-bond donors (Lipinski definition) is 3. The van der Waals surface area contributed by atoms with Gasteiger partial charge in [0.15, 0.2) is 0 Å². The van der Waals surface area contributed by atoms with E-state index >= 15 is 0 Å². The number of fused-ring (bicyclic) bond motifs is 3. The Balaban J connectivity index is 1.54. The Morgan fingerprint density at radius 1 is 0.917 bits per heavy atom. The zero-order valence-corrected chi connectivity index (χ0v) is 13.2.